The van der Waals surface area contributed by atoms with Crippen molar-refractivity contribution in [2.75, 3.05) is 7.11 Å². The van der Waals surface area contributed by atoms with Gasteiger partial charge in [0.15, 0.2) is 5.82 Å². The van der Waals surface area contributed by atoms with Crippen molar-refractivity contribution in [3.8, 4) is 11.4 Å². The molecular formula is C15H12ClN3O. The van der Waals surface area contributed by atoms with Crippen molar-refractivity contribution in [2.45, 2.75) is 6.61 Å². The number of aromatic nitrogens is 3. The molecule has 0 saturated carbocycles. The van der Waals surface area contributed by atoms with E-state index < -0.39 is 0 Å². The Labute approximate surface area is 121 Å². The molecule has 0 radical (unpaired) electrons. The molecule has 0 aliphatic heterocycles. The van der Waals surface area contributed by atoms with Crippen LogP contribution in [0.1, 0.15) is 5.69 Å². The topological polar surface area (TPSA) is 47.9 Å². The Hall–Kier alpha value is -2.04. The first kappa shape index (κ1) is 13.0. The van der Waals surface area contributed by atoms with Gasteiger partial charge in [-0.15, -0.1) is 0 Å². The minimum absolute atomic E-state index is 0.407. The highest BCUT2D eigenvalue weighted by Crippen LogP contribution is 2.22. The zero-order valence-electron chi connectivity index (χ0n) is 10.9. The first-order chi connectivity index (χ1) is 9.76. The fraction of sp³-hybridized carbons (Fsp3) is 0.133. The molecule has 5 heteroatoms. The van der Waals surface area contributed by atoms with Crippen molar-refractivity contribution >= 4 is 22.5 Å². The van der Waals surface area contributed by atoms with Crippen LogP contribution in [0.4, 0.5) is 0 Å². The summed E-state index contributed by atoms with van der Waals surface area (Å²) in [7, 11) is 1.62. The molecule has 0 atom stereocenters. The van der Waals surface area contributed by atoms with Gasteiger partial charge in [0, 0.05) is 24.3 Å². The number of methoxy groups -OCH3 is 1. The minimum Gasteiger partial charge on any atom is -0.378 e. The number of hydrogen-bond acceptors (Lipinski definition) is 4. The number of pyridine rings is 1. The molecule has 20 heavy (non-hydrogen) atoms. The lowest BCUT2D eigenvalue weighted by molar-refractivity contribution is 0.181. The molecule has 0 saturated heterocycles. The molecule has 0 fully saturated rings. The third kappa shape index (κ3) is 2.61. The summed E-state index contributed by atoms with van der Waals surface area (Å²) in [6.45, 7) is 0.407. The van der Waals surface area contributed by atoms with E-state index in [1.54, 1.807) is 19.4 Å². The maximum atomic E-state index is 6.03. The highest BCUT2D eigenvalue weighted by Gasteiger charge is 2.07. The Morgan fingerprint density at radius 2 is 2.05 bits per heavy atom. The molecular weight excluding hydrogens is 274 g/mol. The normalized spacial score (nSPS) is 10.9. The van der Waals surface area contributed by atoms with Crippen molar-refractivity contribution in [2.24, 2.45) is 0 Å². The van der Waals surface area contributed by atoms with E-state index in [1.807, 2.05) is 30.3 Å². The number of fused-ring (bicyclic) bond motifs is 1. The van der Waals surface area contributed by atoms with Crippen LogP contribution in [-0.4, -0.2) is 22.1 Å². The number of ether oxygens (including phenoxy) is 1. The average molecular weight is 286 g/mol. The zero-order valence-corrected chi connectivity index (χ0v) is 11.6. The van der Waals surface area contributed by atoms with Gasteiger partial charge in [-0.25, -0.2) is 9.97 Å². The molecule has 1 aromatic carbocycles. The predicted molar refractivity (Wildman–Crippen MR) is 78.5 cm³/mol. The van der Waals surface area contributed by atoms with Crippen molar-refractivity contribution in [1.82, 2.24) is 15.0 Å². The Morgan fingerprint density at radius 1 is 1.15 bits per heavy atom. The Balaban J connectivity index is 2.10. The lowest BCUT2D eigenvalue weighted by atomic mass is 10.1. The van der Waals surface area contributed by atoms with Crippen LogP contribution in [0.2, 0.25) is 5.15 Å². The van der Waals surface area contributed by atoms with E-state index in [0.717, 1.165) is 22.2 Å². The third-order valence-corrected chi connectivity index (χ3v) is 3.09. The second-order valence-electron chi connectivity index (χ2n) is 4.35. The number of benzene rings is 1. The molecule has 3 rings (SSSR count). The van der Waals surface area contributed by atoms with E-state index in [0.29, 0.717) is 17.6 Å². The van der Waals surface area contributed by atoms with Crippen molar-refractivity contribution in [3.05, 3.63) is 53.4 Å². The summed E-state index contributed by atoms with van der Waals surface area (Å²) in [5.41, 5.74) is 2.61. The van der Waals surface area contributed by atoms with Gasteiger partial charge in [-0.05, 0) is 30.3 Å². The van der Waals surface area contributed by atoms with Gasteiger partial charge >= 0.3 is 0 Å². The standard InChI is InChI=1S/C15H12ClN3O/c1-20-9-12-8-14(16)19-15(18-12)11-4-5-13-10(7-11)3-2-6-17-13/h2-8H,9H2,1H3. The van der Waals surface area contributed by atoms with Gasteiger partial charge in [-0.1, -0.05) is 17.7 Å². The van der Waals surface area contributed by atoms with Gasteiger partial charge in [0.1, 0.15) is 5.15 Å². The maximum absolute atomic E-state index is 6.03. The summed E-state index contributed by atoms with van der Waals surface area (Å²) in [4.78, 5) is 13.0. The summed E-state index contributed by atoms with van der Waals surface area (Å²) >= 11 is 6.03. The Bertz CT molecular complexity index is 761. The molecule has 0 spiro atoms. The average Bonchev–Trinajstić information content (AvgIpc) is 2.46. The van der Waals surface area contributed by atoms with E-state index in [-0.39, 0.29) is 0 Å². The lowest BCUT2D eigenvalue weighted by Crippen LogP contribution is -1.97. The highest BCUT2D eigenvalue weighted by atomic mass is 35.5. The molecule has 2 aromatic heterocycles. The van der Waals surface area contributed by atoms with Crippen LogP contribution in [0.15, 0.2) is 42.6 Å². The molecule has 0 unspecified atom stereocenters. The molecule has 0 N–H and O–H groups in total. The van der Waals surface area contributed by atoms with Gasteiger partial charge in [0.25, 0.3) is 0 Å². The monoisotopic (exact) mass is 285 g/mol. The summed E-state index contributed by atoms with van der Waals surface area (Å²) < 4.78 is 5.09. The third-order valence-electron chi connectivity index (χ3n) is 2.90. The summed E-state index contributed by atoms with van der Waals surface area (Å²) in [5.74, 6) is 0.593. The highest BCUT2D eigenvalue weighted by molar-refractivity contribution is 6.29. The van der Waals surface area contributed by atoms with Gasteiger partial charge in [0.05, 0.1) is 17.8 Å². The zero-order chi connectivity index (χ0) is 13.9. The fourth-order valence-corrected chi connectivity index (χ4v) is 2.24. The first-order valence-electron chi connectivity index (χ1n) is 6.14. The number of rotatable bonds is 3. The molecule has 0 aliphatic carbocycles. The van der Waals surface area contributed by atoms with E-state index in [4.69, 9.17) is 16.3 Å². The number of nitrogens with zero attached hydrogens (tertiary/aromatic N) is 3. The molecule has 0 amide bonds. The minimum atomic E-state index is 0.407. The fourth-order valence-electron chi connectivity index (χ4n) is 2.03. The Morgan fingerprint density at radius 3 is 2.90 bits per heavy atom. The quantitative estimate of drug-likeness (QED) is 0.691. The summed E-state index contributed by atoms with van der Waals surface area (Å²) in [6, 6.07) is 11.5. The molecule has 2 heterocycles. The second kappa shape index (κ2) is 5.53. The van der Waals surface area contributed by atoms with Crippen LogP contribution in [0.3, 0.4) is 0 Å². The smallest absolute Gasteiger partial charge is 0.161 e. The van der Waals surface area contributed by atoms with Crippen molar-refractivity contribution < 1.29 is 4.74 Å². The van der Waals surface area contributed by atoms with Crippen LogP contribution in [0.25, 0.3) is 22.3 Å². The molecule has 100 valence electrons. The maximum Gasteiger partial charge on any atom is 0.161 e. The van der Waals surface area contributed by atoms with Gasteiger partial charge in [-0.3, -0.25) is 4.98 Å². The van der Waals surface area contributed by atoms with E-state index in [1.165, 1.54) is 0 Å². The van der Waals surface area contributed by atoms with Crippen LogP contribution in [0, 0.1) is 0 Å². The van der Waals surface area contributed by atoms with Crippen molar-refractivity contribution in [3.63, 3.8) is 0 Å². The van der Waals surface area contributed by atoms with Gasteiger partial charge < -0.3 is 4.74 Å². The Kier molecular flexibility index (Phi) is 3.58. The number of hydrogen-bond donors (Lipinski definition) is 0. The summed E-state index contributed by atoms with van der Waals surface area (Å²) in [6.07, 6.45) is 1.77. The van der Waals surface area contributed by atoms with Crippen LogP contribution < -0.4 is 0 Å². The lowest BCUT2D eigenvalue weighted by Gasteiger charge is -2.05. The van der Waals surface area contributed by atoms with Crippen LogP contribution in [0.5, 0.6) is 0 Å². The molecule has 3 aromatic rings. The molecule has 0 aliphatic rings. The van der Waals surface area contributed by atoms with E-state index in [9.17, 15) is 0 Å². The van der Waals surface area contributed by atoms with Gasteiger partial charge in [0.2, 0.25) is 0 Å². The van der Waals surface area contributed by atoms with Gasteiger partial charge in [-0.2, -0.15) is 0 Å². The largest absolute Gasteiger partial charge is 0.378 e. The van der Waals surface area contributed by atoms with Crippen molar-refractivity contribution in [1.29, 1.82) is 0 Å². The second-order valence-corrected chi connectivity index (χ2v) is 4.74. The van der Waals surface area contributed by atoms with Crippen LogP contribution in [-0.2, 0) is 11.3 Å². The van der Waals surface area contributed by atoms with Crippen LogP contribution >= 0.6 is 11.6 Å². The first-order valence-corrected chi connectivity index (χ1v) is 6.51. The predicted octanol–water partition coefficient (Wildman–Crippen LogP) is 3.49. The summed E-state index contributed by atoms with van der Waals surface area (Å²) in [5, 5.41) is 1.45. The van der Waals surface area contributed by atoms with E-state index in [2.05, 4.69) is 15.0 Å². The van der Waals surface area contributed by atoms with E-state index >= 15 is 0 Å². The molecule has 0 bridgehead atoms. The SMILES string of the molecule is COCc1cc(Cl)nc(-c2ccc3ncccc3c2)n1. The number of halogens is 1. The molecule has 4 nitrogen and oxygen atoms in total.